The second kappa shape index (κ2) is 4.73. The van der Waals surface area contributed by atoms with Crippen molar-refractivity contribution < 1.29 is 9.63 Å². The van der Waals surface area contributed by atoms with Gasteiger partial charge < -0.3 is 4.79 Å². The maximum atomic E-state index is 10.9. The molecule has 1 unspecified atom stereocenters. The minimum Gasteiger partial charge on any atom is -0.301 e. The molecular weight excluding hydrogens is 206 g/mol. The second-order valence-electron chi connectivity index (χ2n) is 3.52. The van der Waals surface area contributed by atoms with Crippen LogP contribution in [0.3, 0.4) is 0 Å². The molecule has 0 N–H and O–H groups in total. The first-order valence-corrected chi connectivity index (χ1v) is 5.09. The van der Waals surface area contributed by atoms with Crippen LogP contribution in [0.2, 0.25) is 0 Å². The predicted octanol–water partition coefficient (Wildman–Crippen LogP) is 1.05. The van der Waals surface area contributed by atoms with Crippen LogP contribution in [0.25, 0.3) is 0 Å². The minimum atomic E-state index is -0.283. The quantitative estimate of drug-likeness (QED) is 0.693. The average Bonchev–Trinajstić information content (AvgIpc) is 2.39. The SMILES string of the molecule is N#Cc1ccc(N2OCCCC2C=O)nc1. The summed E-state index contributed by atoms with van der Waals surface area (Å²) in [5.74, 6) is 0.566. The van der Waals surface area contributed by atoms with E-state index in [9.17, 15) is 4.79 Å². The molecule has 2 heterocycles. The highest BCUT2D eigenvalue weighted by Crippen LogP contribution is 2.20. The van der Waals surface area contributed by atoms with Gasteiger partial charge in [0.25, 0.3) is 0 Å². The van der Waals surface area contributed by atoms with E-state index in [1.54, 1.807) is 12.1 Å². The van der Waals surface area contributed by atoms with Crippen molar-refractivity contribution in [3.63, 3.8) is 0 Å². The molecule has 2 rings (SSSR count). The summed E-state index contributed by atoms with van der Waals surface area (Å²) in [5.41, 5.74) is 0.489. The summed E-state index contributed by atoms with van der Waals surface area (Å²) in [5, 5.41) is 10.2. The van der Waals surface area contributed by atoms with E-state index in [0.717, 1.165) is 19.1 Å². The van der Waals surface area contributed by atoms with Gasteiger partial charge in [0.1, 0.15) is 18.4 Å². The van der Waals surface area contributed by atoms with Gasteiger partial charge in [0.15, 0.2) is 5.82 Å². The topological polar surface area (TPSA) is 66.2 Å². The standard InChI is InChI=1S/C11H11N3O2/c12-6-9-3-4-11(13-7-9)14-10(8-15)2-1-5-16-14/h3-4,7-8,10H,1-2,5H2. The van der Waals surface area contributed by atoms with Crippen LogP contribution in [0, 0.1) is 11.3 Å². The fourth-order valence-electron chi connectivity index (χ4n) is 1.61. The van der Waals surface area contributed by atoms with Gasteiger partial charge in [-0.25, -0.2) is 10.0 Å². The van der Waals surface area contributed by atoms with Crippen molar-refractivity contribution in [3.8, 4) is 6.07 Å². The van der Waals surface area contributed by atoms with Crippen molar-refractivity contribution in [1.82, 2.24) is 4.98 Å². The first-order valence-electron chi connectivity index (χ1n) is 5.09. The van der Waals surface area contributed by atoms with E-state index >= 15 is 0 Å². The van der Waals surface area contributed by atoms with E-state index in [1.807, 2.05) is 6.07 Å². The number of pyridine rings is 1. The Hall–Kier alpha value is -1.93. The lowest BCUT2D eigenvalue weighted by Crippen LogP contribution is -2.41. The number of rotatable bonds is 2. The molecular formula is C11H11N3O2. The van der Waals surface area contributed by atoms with Crippen LogP contribution >= 0.6 is 0 Å². The van der Waals surface area contributed by atoms with Crippen LogP contribution < -0.4 is 5.06 Å². The van der Waals surface area contributed by atoms with Gasteiger partial charge in [-0.05, 0) is 25.0 Å². The summed E-state index contributed by atoms with van der Waals surface area (Å²) < 4.78 is 0. The van der Waals surface area contributed by atoms with Gasteiger partial charge in [0.2, 0.25) is 0 Å². The largest absolute Gasteiger partial charge is 0.301 e. The van der Waals surface area contributed by atoms with E-state index in [0.29, 0.717) is 18.0 Å². The van der Waals surface area contributed by atoms with Gasteiger partial charge in [-0.1, -0.05) is 0 Å². The lowest BCUT2D eigenvalue weighted by atomic mass is 10.1. The molecule has 1 fully saturated rings. The van der Waals surface area contributed by atoms with Crippen LogP contribution in [0.5, 0.6) is 0 Å². The Balaban J connectivity index is 2.21. The van der Waals surface area contributed by atoms with E-state index in [4.69, 9.17) is 10.1 Å². The summed E-state index contributed by atoms with van der Waals surface area (Å²) in [7, 11) is 0. The monoisotopic (exact) mass is 217 g/mol. The fourth-order valence-corrected chi connectivity index (χ4v) is 1.61. The molecule has 0 radical (unpaired) electrons. The molecule has 16 heavy (non-hydrogen) atoms. The molecule has 1 aliphatic rings. The van der Waals surface area contributed by atoms with Crippen LogP contribution in [0.4, 0.5) is 5.82 Å². The number of aldehydes is 1. The number of carbonyl (C=O) groups is 1. The number of nitrogens with zero attached hydrogens (tertiary/aromatic N) is 3. The number of hydrogen-bond donors (Lipinski definition) is 0. The van der Waals surface area contributed by atoms with Crippen molar-refractivity contribution in [2.24, 2.45) is 0 Å². The number of carbonyl (C=O) groups excluding carboxylic acids is 1. The van der Waals surface area contributed by atoms with Crippen molar-refractivity contribution in [2.75, 3.05) is 11.7 Å². The van der Waals surface area contributed by atoms with Gasteiger partial charge in [0.05, 0.1) is 12.2 Å². The van der Waals surface area contributed by atoms with Crippen molar-refractivity contribution in [2.45, 2.75) is 18.9 Å². The molecule has 1 aromatic heterocycles. The number of aromatic nitrogens is 1. The molecule has 1 atom stereocenters. The minimum absolute atomic E-state index is 0.283. The van der Waals surface area contributed by atoms with Gasteiger partial charge in [-0.15, -0.1) is 0 Å². The Morgan fingerprint density at radius 1 is 1.62 bits per heavy atom. The molecule has 0 amide bonds. The molecule has 0 saturated carbocycles. The van der Waals surface area contributed by atoms with E-state index in [2.05, 4.69) is 4.98 Å². The fraction of sp³-hybridized carbons (Fsp3) is 0.364. The molecule has 0 spiro atoms. The molecule has 5 heteroatoms. The first-order chi connectivity index (χ1) is 7.85. The Labute approximate surface area is 93.2 Å². The molecule has 1 saturated heterocycles. The van der Waals surface area contributed by atoms with Gasteiger partial charge >= 0.3 is 0 Å². The Bertz CT molecular complexity index is 410. The molecule has 1 aliphatic heterocycles. The first kappa shape index (κ1) is 10.6. The summed E-state index contributed by atoms with van der Waals surface area (Å²) >= 11 is 0. The molecule has 5 nitrogen and oxygen atoms in total. The number of nitriles is 1. The van der Waals surface area contributed by atoms with E-state index in [-0.39, 0.29) is 6.04 Å². The Morgan fingerprint density at radius 2 is 2.50 bits per heavy atom. The number of hydrogen-bond acceptors (Lipinski definition) is 5. The molecule has 0 aromatic carbocycles. The van der Waals surface area contributed by atoms with E-state index < -0.39 is 0 Å². The maximum absolute atomic E-state index is 10.9. The summed E-state index contributed by atoms with van der Waals surface area (Å²) in [6, 6.07) is 5.04. The van der Waals surface area contributed by atoms with Crippen LogP contribution in [-0.4, -0.2) is 23.9 Å². The van der Waals surface area contributed by atoms with Crippen molar-refractivity contribution >= 4 is 12.1 Å². The normalized spacial score (nSPS) is 20.2. The highest BCUT2D eigenvalue weighted by atomic mass is 16.7. The van der Waals surface area contributed by atoms with Gasteiger partial charge in [0, 0.05) is 6.20 Å². The zero-order valence-corrected chi connectivity index (χ0v) is 8.67. The summed E-state index contributed by atoms with van der Waals surface area (Å²) in [6.07, 6.45) is 3.97. The average molecular weight is 217 g/mol. The van der Waals surface area contributed by atoms with Gasteiger partial charge in [-0.2, -0.15) is 5.26 Å². The van der Waals surface area contributed by atoms with Crippen molar-refractivity contribution in [3.05, 3.63) is 23.9 Å². The van der Waals surface area contributed by atoms with E-state index in [1.165, 1.54) is 11.3 Å². The predicted molar refractivity (Wildman–Crippen MR) is 56.5 cm³/mol. The van der Waals surface area contributed by atoms with Crippen molar-refractivity contribution in [1.29, 1.82) is 5.26 Å². The Morgan fingerprint density at radius 3 is 3.12 bits per heavy atom. The lowest BCUT2D eigenvalue weighted by molar-refractivity contribution is -0.112. The molecule has 0 aliphatic carbocycles. The third-order valence-electron chi connectivity index (χ3n) is 2.44. The number of hydroxylamine groups is 1. The summed E-state index contributed by atoms with van der Waals surface area (Å²) in [4.78, 5) is 20.4. The lowest BCUT2D eigenvalue weighted by Gasteiger charge is -2.31. The summed E-state index contributed by atoms with van der Waals surface area (Å²) in [6.45, 7) is 0.589. The third kappa shape index (κ3) is 2.02. The zero-order chi connectivity index (χ0) is 11.4. The van der Waals surface area contributed by atoms with Crippen LogP contribution in [0.15, 0.2) is 18.3 Å². The van der Waals surface area contributed by atoms with Crippen LogP contribution in [0.1, 0.15) is 18.4 Å². The number of anilines is 1. The highest BCUT2D eigenvalue weighted by Gasteiger charge is 2.24. The molecule has 1 aromatic rings. The van der Waals surface area contributed by atoms with Gasteiger partial charge in [-0.3, -0.25) is 4.84 Å². The second-order valence-corrected chi connectivity index (χ2v) is 3.52. The van der Waals surface area contributed by atoms with Crippen LogP contribution in [-0.2, 0) is 9.63 Å². The zero-order valence-electron chi connectivity index (χ0n) is 8.67. The smallest absolute Gasteiger partial charge is 0.153 e. The maximum Gasteiger partial charge on any atom is 0.153 e. The molecule has 82 valence electrons. The third-order valence-corrected chi connectivity index (χ3v) is 2.44. The Kier molecular flexibility index (Phi) is 3.13. The molecule has 0 bridgehead atoms. The highest BCUT2D eigenvalue weighted by molar-refractivity contribution is 5.63.